The monoisotopic (exact) mass is 395 g/mol. The third kappa shape index (κ3) is 5.58. The van der Waals surface area contributed by atoms with Crippen molar-refractivity contribution in [2.75, 3.05) is 17.2 Å². The number of hydrogen-bond acceptors (Lipinski definition) is 2. The molecular formula is C16H15BrClN3O2. The number of benzene rings is 2. The molecule has 0 fully saturated rings. The maximum Gasteiger partial charge on any atom is 0.319 e. The van der Waals surface area contributed by atoms with Gasteiger partial charge in [-0.2, -0.15) is 0 Å². The van der Waals surface area contributed by atoms with E-state index in [1.165, 1.54) is 0 Å². The van der Waals surface area contributed by atoms with Crippen LogP contribution in [0.1, 0.15) is 5.56 Å². The smallest absolute Gasteiger partial charge is 0.319 e. The Hall–Kier alpha value is -2.05. The zero-order valence-electron chi connectivity index (χ0n) is 12.3. The summed E-state index contributed by atoms with van der Waals surface area (Å²) in [5.41, 5.74) is 2.14. The first-order chi connectivity index (χ1) is 10.9. The molecule has 2 aromatic carbocycles. The first kappa shape index (κ1) is 17.3. The van der Waals surface area contributed by atoms with Gasteiger partial charge in [-0.15, -0.1) is 0 Å². The summed E-state index contributed by atoms with van der Waals surface area (Å²) in [6, 6.07) is 11.9. The summed E-state index contributed by atoms with van der Waals surface area (Å²) in [7, 11) is 0. The molecule has 0 bridgehead atoms. The summed E-state index contributed by atoms with van der Waals surface area (Å²) in [6.07, 6.45) is 0. The van der Waals surface area contributed by atoms with Gasteiger partial charge in [-0.25, -0.2) is 4.79 Å². The summed E-state index contributed by atoms with van der Waals surface area (Å²) in [5, 5.41) is 8.35. The van der Waals surface area contributed by atoms with Crippen LogP contribution < -0.4 is 16.0 Å². The number of urea groups is 1. The van der Waals surface area contributed by atoms with Crippen LogP contribution in [0.4, 0.5) is 16.2 Å². The Morgan fingerprint density at radius 1 is 1.04 bits per heavy atom. The number of halogens is 2. The Morgan fingerprint density at radius 2 is 1.70 bits per heavy atom. The van der Waals surface area contributed by atoms with Gasteiger partial charge in [0.25, 0.3) is 0 Å². The maximum absolute atomic E-state index is 11.8. The van der Waals surface area contributed by atoms with Crippen molar-refractivity contribution in [3.63, 3.8) is 0 Å². The Morgan fingerprint density at radius 3 is 2.35 bits per heavy atom. The minimum atomic E-state index is -0.476. The number of rotatable bonds is 4. The maximum atomic E-state index is 11.8. The molecule has 0 aromatic heterocycles. The lowest BCUT2D eigenvalue weighted by Gasteiger charge is -2.09. The highest BCUT2D eigenvalue weighted by molar-refractivity contribution is 9.10. The molecule has 0 saturated carbocycles. The van der Waals surface area contributed by atoms with Gasteiger partial charge in [-0.1, -0.05) is 33.6 Å². The number of hydrogen-bond donors (Lipinski definition) is 3. The lowest BCUT2D eigenvalue weighted by molar-refractivity contribution is -0.115. The van der Waals surface area contributed by atoms with Crippen LogP contribution in [0.5, 0.6) is 0 Å². The van der Waals surface area contributed by atoms with Gasteiger partial charge in [0.1, 0.15) is 0 Å². The molecule has 0 aliphatic carbocycles. The van der Waals surface area contributed by atoms with Gasteiger partial charge in [-0.3, -0.25) is 4.79 Å². The molecule has 7 heteroatoms. The van der Waals surface area contributed by atoms with Gasteiger partial charge in [0, 0.05) is 20.9 Å². The summed E-state index contributed by atoms with van der Waals surface area (Å²) >= 11 is 9.30. The van der Waals surface area contributed by atoms with E-state index in [2.05, 4.69) is 31.9 Å². The molecule has 120 valence electrons. The molecule has 0 aliphatic heterocycles. The Balaban J connectivity index is 1.80. The summed E-state index contributed by atoms with van der Waals surface area (Å²) < 4.78 is 0.921. The van der Waals surface area contributed by atoms with E-state index in [9.17, 15) is 9.59 Å². The zero-order valence-corrected chi connectivity index (χ0v) is 14.7. The van der Waals surface area contributed by atoms with E-state index in [-0.39, 0.29) is 12.5 Å². The first-order valence-corrected chi connectivity index (χ1v) is 7.97. The fourth-order valence-corrected chi connectivity index (χ4v) is 2.19. The zero-order chi connectivity index (χ0) is 16.8. The Kier molecular flexibility index (Phi) is 6.01. The van der Waals surface area contributed by atoms with Crippen LogP contribution in [-0.4, -0.2) is 18.5 Å². The quantitative estimate of drug-likeness (QED) is 0.726. The van der Waals surface area contributed by atoms with Crippen molar-refractivity contribution in [2.45, 2.75) is 6.92 Å². The van der Waals surface area contributed by atoms with Gasteiger partial charge in [-0.05, 0) is 48.9 Å². The van der Waals surface area contributed by atoms with E-state index in [1.54, 1.807) is 30.3 Å². The lowest BCUT2D eigenvalue weighted by atomic mass is 10.2. The molecule has 3 N–H and O–H groups in total. The van der Waals surface area contributed by atoms with Crippen molar-refractivity contribution in [1.82, 2.24) is 5.32 Å². The number of carbonyl (C=O) groups excluding carboxylic acids is 2. The molecule has 3 amide bonds. The van der Waals surface area contributed by atoms with Crippen molar-refractivity contribution < 1.29 is 9.59 Å². The van der Waals surface area contributed by atoms with Gasteiger partial charge in [0.05, 0.1) is 6.54 Å². The van der Waals surface area contributed by atoms with Gasteiger partial charge in [0.15, 0.2) is 0 Å². The standard InChI is InChI=1S/C16H15BrClN3O2/c1-10-2-5-13(8-14(10)18)21-16(23)19-9-15(22)20-12-6-3-11(17)4-7-12/h2-8H,9H2,1H3,(H,20,22)(H2,19,21,23). The number of amides is 3. The molecular weight excluding hydrogens is 382 g/mol. The molecule has 2 aromatic rings. The molecule has 2 rings (SSSR count). The van der Waals surface area contributed by atoms with Crippen molar-refractivity contribution in [2.24, 2.45) is 0 Å². The van der Waals surface area contributed by atoms with E-state index in [0.717, 1.165) is 10.0 Å². The van der Waals surface area contributed by atoms with E-state index in [0.29, 0.717) is 16.4 Å². The Bertz CT molecular complexity index is 720. The fourth-order valence-electron chi connectivity index (χ4n) is 1.74. The molecule has 0 unspecified atom stereocenters. The third-order valence-corrected chi connectivity index (χ3v) is 3.90. The second kappa shape index (κ2) is 7.99. The van der Waals surface area contributed by atoms with Gasteiger partial charge < -0.3 is 16.0 Å². The molecule has 0 saturated heterocycles. The highest BCUT2D eigenvalue weighted by Gasteiger charge is 2.07. The molecule has 0 aliphatic rings. The van der Waals surface area contributed by atoms with Gasteiger partial charge >= 0.3 is 6.03 Å². The molecule has 0 spiro atoms. The molecule has 0 radical (unpaired) electrons. The number of aryl methyl sites for hydroxylation is 1. The minimum Gasteiger partial charge on any atom is -0.329 e. The molecule has 23 heavy (non-hydrogen) atoms. The summed E-state index contributed by atoms with van der Waals surface area (Å²) in [4.78, 5) is 23.5. The number of carbonyl (C=O) groups is 2. The van der Waals surface area contributed by atoms with E-state index < -0.39 is 6.03 Å². The third-order valence-electron chi connectivity index (χ3n) is 2.97. The highest BCUT2D eigenvalue weighted by atomic mass is 79.9. The summed E-state index contributed by atoms with van der Waals surface area (Å²) in [6.45, 7) is 1.74. The highest BCUT2D eigenvalue weighted by Crippen LogP contribution is 2.19. The fraction of sp³-hybridized carbons (Fsp3) is 0.125. The number of anilines is 2. The van der Waals surface area contributed by atoms with Gasteiger partial charge in [0.2, 0.25) is 5.91 Å². The Labute approximate surface area is 147 Å². The van der Waals surface area contributed by atoms with E-state index in [1.807, 2.05) is 19.1 Å². The van der Waals surface area contributed by atoms with Crippen molar-refractivity contribution in [3.8, 4) is 0 Å². The number of nitrogens with one attached hydrogen (secondary N) is 3. The second-order valence-electron chi connectivity index (χ2n) is 4.83. The van der Waals surface area contributed by atoms with Crippen LogP contribution in [0.25, 0.3) is 0 Å². The van der Waals surface area contributed by atoms with Crippen molar-refractivity contribution in [3.05, 3.63) is 57.5 Å². The molecule has 0 heterocycles. The molecule has 0 atom stereocenters. The summed E-state index contributed by atoms with van der Waals surface area (Å²) in [5.74, 6) is -0.315. The average Bonchev–Trinajstić information content (AvgIpc) is 2.51. The predicted octanol–water partition coefficient (Wildman–Crippen LogP) is 4.17. The SMILES string of the molecule is Cc1ccc(NC(=O)NCC(=O)Nc2ccc(Br)cc2)cc1Cl. The molecule has 5 nitrogen and oxygen atoms in total. The second-order valence-corrected chi connectivity index (χ2v) is 6.15. The average molecular weight is 397 g/mol. The van der Waals surface area contributed by atoms with Crippen LogP contribution >= 0.6 is 27.5 Å². The first-order valence-electron chi connectivity index (χ1n) is 6.80. The topological polar surface area (TPSA) is 70.2 Å². The van der Waals surface area contributed by atoms with Crippen LogP contribution in [0.15, 0.2) is 46.9 Å². The van der Waals surface area contributed by atoms with Crippen LogP contribution in [-0.2, 0) is 4.79 Å². The van der Waals surface area contributed by atoms with Crippen LogP contribution in [0.2, 0.25) is 5.02 Å². The van der Waals surface area contributed by atoms with Crippen LogP contribution in [0.3, 0.4) is 0 Å². The van der Waals surface area contributed by atoms with Crippen molar-refractivity contribution >= 4 is 50.8 Å². The predicted molar refractivity (Wildman–Crippen MR) is 96.0 cm³/mol. The normalized spacial score (nSPS) is 10.0. The van der Waals surface area contributed by atoms with E-state index >= 15 is 0 Å². The largest absolute Gasteiger partial charge is 0.329 e. The van der Waals surface area contributed by atoms with Crippen LogP contribution in [0, 0.1) is 6.92 Å². The minimum absolute atomic E-state index is 0.137. The van der Waals surface area contributed by atoms with Crippen molar-refractivity contribution in [1.29, 1.82) is 0 Å². The lowest BCUT2D eigenvalue weighted by Crippen LogP contribution is -2.35. The van der Waals surface area contributed by atoms with E-state index in [4.69, 9.17) is 11.6 Å².